The molecule has 1 aromatic rings. The molecule has 14 heavy (non-hydrogen) atoms. The molecule has 0 aromatic carbocycles. The molecular formula is C9H9N3OS. The van der Waals surface area contributed by atoms with Crippen LogP contribution >= 0.6 is 11.8 Å². The molecule has 72 valence electrons. The van der Waals surface area contributed by atoms with Crippen LogP contribution < -0.4 is 0 Å². The summed E-state index contributed by atoms with van der Waals surface area (Å²) < 4.78 is 0. The summed E-state index contributed by atoms with van der Waals surface area (Å²) in [4.78, 5) is 18.8. The van der Waals surface area contributed by atoms with Gasteiger partial charge in [0.2, 0.25) is 0 Å². The van der Waals surface area contributed by atoms with Crippen LogP contribution in [0.4, 0.5) is 0 Å². The van der Waals surface area contributed by atoms with Crippen LogP contribution in [0.25, 0.3) is 0 Å². The molecule has 0 amide bonds. The summed E-state index contributed by atoms with van der Waals surface area (Å²) in [5, 5.41) is 8.88. The lowest BCUT2D eigenvalue weighted by Gasteiger charge is -2.04. The van der Waals surface area contributed by atoms with Crippen LogP contribution in [0.15, 0.2) is 17.6 Å². The van der Waals surface area contributed by atoms with Crippen molar-refractivity contribution in [1.29, 1.82) is 5.26 Å². The molecule has 0 fully saturated rings. The maximum Gasteiger partial charge on any atom is 0.188 e. The van der Waals surface area contributed by atoms with Gasteiger partial charge in [-0.05, 0) is 13.8 Å². The number of Topliss-reactive ketones (excluding diaryl/α,β-unsaturated/α-hetero) is 1. The molecule has 0 aliphatic heterocycles. The lowest BCUT2D eigenvalue weighted by Crippen LogP contribution is -2.08. The molecule has 0 saturated carbocycles. The fraction of sp³-hybridized carbons (Fsp3) is 0.333. The van der Waals surface area contributed by atoms with Gasteiger partial charge in [-0.2, -0.15) is 5.26 Å². The maximum atomic E-state index is 10.9. The number of carbonyl (C=O) groups excluding carboxylic acids is 1. The van der Waals surface area contributed by atoms with Crippen molar-refractivity contribution in [2.75, 3.05) is 0 Å². The SMILES string of the molecule is CC(=O)[C@@H](C)Sc1ncc(C#N)cn1. The molecule has 4 nitrogen and oxygen atoms in total. The topological polar surface area (TPSA) is 66.6 Å². The minimum Gasteiger partial charge on any atom is -0.299 e. The lowest BCUT2D eigenvalue weighted by atomic mass is 10.3. The fourth-order valence-corrected chi connectivity index (χ4v) is 1.39. The van der Waals surface area contributed by atoms with Crippen molar-refractivity contribution < 1.29 is 4.79 Å². The summed E-state index contributed by atoms with van der Waals surface area (Å²) in [5.74, 6) is 0.0861. The first-order valence-electron chi connectivity index (χ1n) is 4.02. The highest BCUT2D eigenvalue weighted by Gasteiger charge is 2.10. The second-order valence-electron chi connectivity index (χ2n) is 2.74. The highest BCUT2D eigenvalue weighted by molar-refractivity contribution is 8.00. The summed E-state index contributed by atoms with van der Waals surface area (Å²) in [6.07, 6.45) is 2.89. The van der Waals surface area contributed by atoms with Gasteiger partial charge in [0.25, 0.3) is 0 Å². The Balaban J connectivity index is 2.70. The standard InChI is InChI=1S/C9H9N3OS/c1-6(13)7(2)14-9-11-4-8(3-10)5-12-9/h4-5,7H,1-2H3/t7-/m1/s1. The van der Waals surface area contributed by atoms with Crippen molar-refractivity contribution >= 4 is 17.5 Å². The molecule has 5 heteroatoms. The summed E-state index contributed by atoms with van der Waals surface area (Å²) in [6.45, 7) is 3.33. The van der Waals surface area contributed by atoms with Crippen LogP contribution in [-0.4, -0.2) is 21.0 Å². The third kappa shape index (κ3) is 2.82. The average Bonchev–Trinajstić information content (AvgIpc) is 2.19. The van der Waals surface area contributed by atoms with E-state index in [2.05, 4.69) is 9.97 Å². The van der Waals surface area contributed by atoms with Crippen molar-refractivity contribution in [3.8, 4) is 6.07 Å². The second kappa shape index (κ2) is 4.72. The third-order valence-electron chi connectivity index (χ3n) is 1.61. The number of aromatic nitrogens is 2. The summed E-state index contributed by atoms with van der Waals surface area (Å²) in [7, 11) is 0. The van der Waals surface area contributed by atoms with Gasteiger partial charge in [-0.25, -0.2) is 9.97 Å². The van der Waals surface area contributed by atoms with Crippen LogP contribution in [-0.2, 0) is 4.79 Å². The summed E-state index contributed by atoms with van der Waals surface area (Å²) in [5.41, 5.74) is 0.421. The number of thioether (sulfide) groups is 1. The Kier molecular flexibility index (Phi) is 3.60. The Bertz CT molecular complexity index is 369. The van der Waals surface area contributed by atoms with Crippen LogP contribution in [0.5, 0.6) is 0 Å². The van der Waals surface area contributed by atoms with Gasteiger partial charge in [-0.15, -0.1) is 0 Å². The molecule has 0 bridgehead atoms. The quantitative estimate of drug-likeness (QED) is 0.554. The predicted octanol–water partition coefficient (Wildman–Crippen LogP) is 1.42. The van der Waals surface area contributed by atoms with Gasteiger partial charge in [0, 0.05) is 12.4 Å². The van der Waals surface area contributed by atoms with Gasteiger partial charge in [0.05, 0.1) is 10.8 Å². The molecule has 1 aromatic heterocycles. The van der Waals surface area contributed by atoms with Crippen LogP contribution in [0.2, 0.25) is 0 Å². The largest absolute Gasteiger partial charge is 0.299 e. The maximum absolute atomic E-state index is 10.9. The zero-order chi connectivity index (χ0) is 10.6. The van der Waals surface area contributed by atoms with E-state index in [1.165, 1.54) is 31.1 Å². The Labute approximate surface area is 86.4 Å². The van der Waals surface area contributed by atoms with Gasteiger partial charge in [0.15, 0.2) is 5.16 Å². The highest BCUT2D eigenvalue weighted by atomic mass is 32.2. The van der Waals surface area contributed by atoms with Gasteiger partial charge in [-0.1, -0.05) is 11.8 Å². The molecular weight excluding hydrogens is 198 g/mol. The van der Waals surface area contributed by atoms with E-state index in [4.69, 9.17) is 5.26 Å². The smallest absolute Gasteiger partial charge is 0.188 e. The lowest BCUT2D eigenvalue weighted by molar-refractivity contribution is -0.116. The van der Waals surface area contributed by atoms with Gasteiger partial charge >= 0.3 is 0 Å². The van der Waals surface area contributed by atoms with E-state index in [0.29, 0.717) is 10.7 Å². The first-order valence-corrected chi connectivity index (χ1v) is 4.90. The van der Waals surface area contributed by atoms with E-state index in [0.717, 1.165) is 0 Å². The van der Waals surface area contributed by atoms with E-state index in [1.807, 2.05) is 6.07 Å². The minimum absolute atomic E-state index is 0.0861. The molecule has 0 unspecified atom stereocenters. The number of hydrogen-bond donors (Lipinski definition) is 0. The Morgan fingerprint density at radius 2 is 2.14 bits per heavy atom. The first kappa shape index (κ1) is 10.7. The molecule has 0 spiro atoms. The Hall–Kier alpha value is -1.41. The number of hydrogen-bond acceptors (Lipinski definition) is 5. The van der Waals surface area contributed by atoms with E-state index < -0.39 is 0 Å². The van der Waals surface area contributed by atoms with E-state index >= 15 is 0 Å². The van der Waals surface area contributed by atoms with Gasteiger partial charge in [-0.3, -0.25) is 4.79 Å². The number of carbonyl (C=O) groups is 1. The molecule has 0 radical (unpaired) electrons. The van der Waals surface area contributed by atoms with Crippen LogP contribution in [0.1, 0.15) is 19.4 Å². The Morgan fingerprint density at radius 1 is 1.57 bits per heavy atom. The zero-order valence-corrected chi connectivity index (χ0v) is 8.71. The molecule has 0 aliphatic carbocycles. The predicted molar refractivity (Wildman–Crippen MR) is 52.7 cm³/mol. The summed E-state index contributed by atoms with van der Waals surface area (Å²) >= 11 is 1.29. The van der Waals surface area contributed by atoms with Crippen molar-refractivity contribution in [2.24, 2.45) is 0 Å². The van der Waals surface area contributed by atoms with E-state index in [-0.39, 0.29) is 11.0 Å². The van der Waals surface area contributed by atoms with Crippen LogP contribution in [0, 0.1) is 11.3 Å². The number of ketones is 1. The van der Waals surface area contributed by atoms with Crippen LogP contribution in [0.3, 0.4) is 0 Å². The number of rotatable bonds is 3. The normalized spacial score (nSPS) is 11.8. The molecule has 1 atom stereocenters. The van der Waals surface area contributed by atoms with Crippen molar-refractivity contribution in [3.05, 3.63) is 18.0 Å². The molecule has 0 N–H and O–H groups in total. The van der Waals surface area contributed by atoms with E-state index in [9.17, 15) is 4.79 Å². The molecule has 1 rings (SSSR count). The zero-order valence-electron chi connectivity index (χ0n) is 7.89. The first-order chi connectivity index (χ1) is 6.63. The Morgan fingerprint density at radius 3 is 2.57 bits per heavy atom. The number of nitrogens with zero attached hydrogens (tertiary/aromatic N) is 3. The summed E-state index contributed by atoms with van der Waals surface area (Å²) in [6, 6.07) is 1.93. The van der Waals surface area contributed by atoms with Crippen molar-refractivity contribution in [2.45, 2.75) is 24.3 Å². The van der Waals surface area contributed by atoms with Gasteiger partial charge in [0.1, 0.15) is 11.9 Å². The van der Waals surface area contributed by atoms with Crippen molar-refractivity contribution in [1.82, 2.24) is 9.97 Å². The second-order valence-corrected chi connectivity index (χ2v) is 4.04. The van der Waals surface area contributed by atoms with E-state index in [1.54, 1.807) is 6.92 Å². The molecule has 0 saturated heterocycles. The highest BCUT2D eigenvalue weighted by Crippen LogP contribution is 2.18. The minimum atomic E-state index is -0.150. The fourth-order valence-electron chi connectivity index (χ4n) is 0.676. The molecule has 0 aliphatic rings. The molecule has 1 heterocycles. The third-order valence-corrected chi connectivity index (χ3v) is 2.72. The number of nitriles is 1. The van der Waals surface area contributed by atoms with Crippen molar-refractivity contribution in [3.63, 3.8) is 0 Å². The monoisotopic (exact) mass is 207 g/mol. The van der Waals surface area contributed by atoms with Gasteiger partial charge < -0.3 is 0 Å². The average molecular weight is 207 g/mol.